The topological polar surface area (TPSA) is 69.7 Å². The molecule has 0 amide bonds. The molecule has 2 aromatic carbocycles. The molecule has 130 valence electrons. The van der Waals surface area contributed by atoms with Crippen LogP contribution in [0, 0.1) is 0 Å². The van der Waals surface area contributed by atoms with Gasteiger partial charge in [0.1, 0.15) is 13.2 Å². The summed E-state index contributed by atoms with van der Waals surface area (Å²) in [5.74, 6) is -0.840. The lowest BCUT2D eigenvalue weighted by molar-refractivity contribution is 0.0468. The van der Waals surface area contributed by atoms with E-state index in [1.54, 1.807) is 48.5 Å². The predicted molar refractivity (Wildman–Crippen MR) is 93.8 cm³/mol. The van der Waals surface area contributed by atoms with Crippen molar-refractivity contribution in [2.24, 2.45) is 0 Å². The first kappa shape index (κ1) is 17.4. The largest absolute Gasteiger partial charge is 0.461 e. The third kappa shape index (κ3) is 4.33. The van der Waals surface area contributed by atoms with E-state index in [2.05, 4.69) is 0 Å². The summed E-state index contributed by atoms with van der Waals surface area (Å²) in [5.41, 5.74) is 0.946. The second-order valence-electron chi connectivity index (χ2n) is 5.74. The van der Waals surface area contributed by atoms with Crippen LogP contribution in [-0.4, -0.2) is 39.9 Å². The van der Waals surface area contributed by atoms with E-state index in [9.17, 15) is 13.8 Å². The maximum atomic E-state index is 12.2. The van der Waals surface area contributed by atoms with Crippen molar-refractivity contribution in [3.8, 4) is 0 Å². The Hall–Kier alpha value is -2.47. The summed E-state index contributed by atoms with van der Waals surface area (Å²) < 4.78 is 22.6. The smallest absolute Gasteiger partial charge is 0.338 e. The van der Waals surface area contributed by atoms with E-state index in [1.807, 2.05) is 12.1 Å². The number of benzene rings is 2. The fourth-order valence-corrected chi connectivity index (χ4v) is 3.99. The van der Waals surface area contributed by atoms with Gasteiger partial charge in [0.2, 0.25) is 0 Å². The molecule has 1 saturated heterocycles. The average molecular weight is 358 g/mol. The highest BCUT2D eigenvalue weighted by molar-refractivity contribution is 7.87. The van der Waals surface area contributed by atoms with Gasteiger partial charge in [-0.1, -0.05) is 36.4 Å². The van der Waals surface area contributed by atoms with Gasteiger partial charge in [0.15, 0.2) is 0 Å². The number of hydrogen-bond donors (Lipinski definition) is 0. The van der Waals surface area contributed by atoms with E-state index in [0.717, 1.165) is 0 Å². The molecule has 0 aliphatic carbocycles. The Morgan fingerprint density at radius 1 is 0.800 bits per heavy atom. The monoisotopic (exact) mass is 358 g/mol. The third-order valence-corrected chi connectivity index (χ3v) is 5.97. The second-order valence-corrected chi connectivity index (χ2v) is 7.73. The van der Waals surface area contributed by atoms with Gasteiger partial charge in [0.25, 0.3) is 0 Å². The third-order valence-electron chi connectivity index (χ3n) is 4.00. The van der Waals surface area contributed by atoms with Gasteiger partial charge in [-0.25, -0.2) is 9.59 Å². The van der Waals surface area contributed by atoms with Crippen LogP contribution in [0.5, 0.6) is 0 Å². The Bertz CT molecular complexity index is 696. The maximum Gasteiger partial charge on any atom is 0.338 e. The first-order valence-corrected chi connectivity index (χ1v) is 9.26. The molecule has 0 saturated carbocycles. The number of esters is 2. The molecule has 1 unspecified atom stereocenters. The lowest BCUT2D eigenvalue weighted by atomic mass is 10.2. The number of hydrogen-bond acceptors (Lipinski definition) is 5. The van der Waals surface area contributed by atoms with Gasteiger partial charge in [-0.15, -0.1) is 0 Å². The van der Waals surface area contributed by atoms with E-state index in [-0.39, 0.29) is 23.7 Å². The minimum absolute atomic E-state index is 0.115. The maximum absolute atomic E-state index is 12.2. The van der Waals surface area contributed by atoms with Crippen molar-refractivity contribution in [3.63, 3.8) is 0 Å². The fourth-order valence-electron chi connectivity index (χ4n) is 2.56. The molecule has 0 radical (unpaired) electrons. The summed E-state index contributed by atoms with van der Waals surface area (Å²) in [5, 5.41) is -0.402. The second kappa shape index (κ2) is 8.07. The van der Waals surface area contributed by atoms with E-state index in [1.165, 1.54) is 0 Å². The summed E-state index contributed by atoms with van der Waals surface area (Å²) >= 11 is 0. The summed E-state index contributed by atoms with van der Waals surface area (Å²) in [4.78, 5) is 23.7. The quantitative estimate of drug-likeness (QED) is 0.743. The van der Waals surface area contributed by atoms with Crippen LogP contribution in [0.4, 0.5) is 0 Å². The molecule has 5 nitrogen and oxygen atoms in total. The van der Waals surface area contributed by atoms with Crippen LogP contribution in [0.25, 0.3) is 0 Å². The van der Waals surface area contributed by atoms with Gasteiger partial charge >= 0.3 is 11.9 Å². The van der Waals surface area contributed by atoms with E-state index < -0.39 is 22.7 Å². The zero-order valence-electron chi connectivity index (χ0n) is 13.5. The van der Waals surface area contributed by atoms with Crippen LogP contribution in [0.2, 0.25) is 0 Å². The predicted octanol–water partition coefficient (Wildman–Crippen LogP) is 2.59. The van der Waals surface area contributed by atoms with Crippen LogP contribution in [-0.2, 0) is 20.3 Å². The summed E-state index contributed by atoms with van der Waals surface area (Å²) in [6, 6.07) is 17.4. The number of carbonyl (C=O) groups is 2. The molecule has 3 rings (SSSR count). The molecule has 25 heavy (non-hydrogen) atoms. The lowest BCUT2D eigenvalue weighted by Crippen LogP contribution is -2.46. The first-order chi connectivity index (χ1) is 12.1. The molecule has 0 N–H and O–H groups in total. The Balaban J connectivity index is 1.40. The van der Waals surface area contributed by atoms with Gasteiger partial charge in [-0.3, -0.25) is 4.21 Å². The van der Waals surface area contributed by atoms with Crippen molar-refractivity contribution in [1.29, 1.82) is 0 Å². The van der Waals surface area contributed by atoms with Crippen LogP contribution >= 0.6 is 0 Å². The van der Waals surface area contributed by atoms with Crippen molar-refractivity contribution < 1.29 is 23.3 Å². The molecule has 1 aliphatic rings. The van der Waals surface area contributed by atoms with Crippen LogP contribution in [0.3, 0.4) is 0 Å². The lowest BCUT2D eigenvalue weighted by Gasteiger charge is -2.33. The molecule has 3 atom stereocenters. The number of rotatable bonds is 6. The molecule has 1 aliphatic heterocycles. The summed E-state index contributed by atoms with van der Waals surface area (Å²) in [6.45, 7) is 0.229. The van der Waals surface area contributed by atoms with Crippen LogP contribution < -0.4 is 0 Å². The van der Waals surface area contributed by atoms with Crippen molar-refractivity contribution in [2.75, 3.05) is 13.2 Å². The molecule has 2 aromatic rings. The van der Waals surface area contributed by atoms with Crippen molar-refractivity contribution in [2.45, 2.75) is 16.9 Å². The van der Waals surface area contributed by atoms with Crippen molar-refractivity contribution in [1.82, 2.24) is 0 Å². The Labute approximate surface area is 148 Å². The summed E-state index contributed by atoms with van der Waals surface area (Å²) in [6.07, 6.45) is 0.608. The van der Waals surface area contributed by atoms with E-state index >= 15 is 0 Å². The van der Waals surface area contributed by atoms with E-state index in [0.29, 0.717) is 17.5 Å². The summed E-state index contributed by atoms with van der Waals surface area (Å²) in [7, 11) is -1.17. The molecule has 0 aromatic heterocycles. The van der Waals surface area contributed by atoms with Crippen molar-refractivity contribution in [3.05, 3.63) is 71.8 Å². The fraction of sp³-hybridized carbons (Fsp3) is 0.263. The van der Waals surface area contributed by atoms with E-state index in [4.69, 9.17) is 9.47 Å². The molecular weight excluding hydrogens is 340 g/mol. The molecule has 1 heterocycles. The normalized spacial score (nSPS) is 21.8. The van der Waals surface area contributed by atoms with Gasteiger partial charge in [-0.05, 0) is 30.7 Å². The molecule has 1 fully saturated rings. The van der Waals surface area contributed by atoms with Gasteiger partial charge in [0, 0.05) is 10.8 Å². The first-order valence-electron chi connectivity index (χ1n) is 7.99. The van der Waals surface area contributed by atoms with Crippen LogP contribution in [0.15, 0.2) is 60.7 Å². The highest BCUT2D eigenvalue weighted by atomic mass is 32.2. The van der Waals surface area contributed by atoms with Gasteiger partial charge in [-0.2, -0.15) is 0 Å². The highest BCUT2D eigenvalue weighted by Crippen LogP contribution is 2.26. The zero-order valence-corrected chi connectivity index (χ0v) is 14.3. The average Bonchev–Trinajstić information content (AvgIpc) is 2.67. The molecule has 0 spiro atoms. The SMILES string of the molecule is O=C(OC[C@@H]1C[C@H](COC(=O)c2ccccc2)S1=O)c1ccccc1. The number of carbonyl (C=O) groups excluding carboxylic acids is 2. The van der Waals surface area contributed by atoms with Gasteiger partial charge < -0.3 is 9.47 Å². The van der Waals surface area contributed by atoms with Crippen molar-refractivity contribution >= 4 is 22.7 Å². The number of ether oxygens (including phenoxy) is 2. The molecule has 6 heteroatoms. The molecule has 0 bridgehead atoms. The Morgan fingerprint density at radius 3 is 1.56 bits per heavy atom. The minimum atomic E-state index is -1.17. The highest BCUT2D eigenvalue weighted by Gasteiger charge is 2.39. The zero-order chi connectivity index (χ0) is 17.6. The molecular formula is C19H18O5S. The van der Waals surface area contributed by atoms with Crippen LogP contribution in [0.1, 0.15) is 27.1 Å². The van der Waals surface area contributed by atoms with Gasteiger partial charge in [0.05, 0.1) is 21.6 Å². The Morgan fingerprint density at radius 2 is 1.20 bits per heavy atom. The standard InChI is InChI=1S/C19H18O5S/c20-18(14-7-3-1-4-8-14)23-12-16-11-17(25(16)22)13-24-19(21)15-9-5-2-6-10-15/h1-10,16-17H,11-13H2/t16-,17+,25?. The Kier molecular flexibility index (Phi) is 5.60. The minimum Gasteiger partial charge on any atom is -0.461 e.